The highest BCUT2D eigenvalue weighted by atomic mass is 15.1. The number of nitrogens with zero attached hydrogens (tertiary/aromatic N) is 1. The minimum absolute atomic E-state index is 0.534. The van der Waals surface area contributed by atoms with Crippen molar-refractivity contribution in [2.75, 3.05) is 18.5 Å². The Morgan fingerprint density at radius 3 is 2.61 bits per heavy atom. The average molecular weight is 246 g/mol. The van der Waals surface area contributed by atoms with Crippen molar-refractivity contribution in [3.05, 3.63) is 29.8 Å². The molecule has 0 amide bonds. The molecule has 2 atom stereocenters. The number of anilines is 1. The molecule has 1 aliphatic rings. The van der Waals surface area contributed by atoms with Gasteiger partial charge in [0.1, 0.15) is 0 Å². The SMILES string of the molecule is CC(C)NCc1ccccc1N(C)CC1CC1C. The Morgan fingerprint density at radius 1 is 1.33 bits per heavy atom. The van der Waals surface area contributed by atoms with Gasteiger partial charge < -0.3 is 10.2 Å². The van der Waals surface area contributed by atoms with E-state index in [-0.39, 0.29) is 0 Å². The second-order valence-corrected chi connectivity index (χ2v) is 6.02. The quantitative estimate of drug-likeness (QED) is 0.828. The van der Waals surface area contributed by atoms with Crippen molar-refractivity contribution in [2.24, 2.45) is 11.8 Å². The van der Waals surface area contributed by atoms with Gasteiger partial charge >= 0.3 is 0 Å². The summed E-state index contributed by atoms with van der Waals surface area (Å²) in [7, 11) is 2.22. The summed E-state index contributed by atoms with van der Waals surface area (Å²) in [6.45, 7) is 8.89. The molecule has 2 unspecified atom stereocenters. The second kappa shape index (κ2) is 5.75. The minimum Gasteiger partial charge on any atom is -0.374 e. The maximum Gasteiger partial charge on any atom is 0.0409 e. The summed E-state index contributed by atoms with van der Waals surface area (Å²) in [6.07, 6.45) is 1.40. The maximum absolute atomic E-state index is 3.51. The molecular weight excluding hydrogens is 220 g/mol. The molecule has 100 valence electrons. The van der Waals surface area contributed by atoms with Gasteiger partial charge in [-0.15, -0.1) is 0 Å². The van der Waals surface area contributed by atoms with Crippen LogP contribution in [0.5, 0.6) is 0 Å². The lowest BCUT2D eigenvalue weighted by atomic mass is 10.1. The lowest BCUT2D eigenvalue weighted by molar-refractivity contribution is 0.587. The maximum atomic E-state index is 3.51. The number of para-hydroxylation sites is 1. The highest BCUT2D eigenvalue weighted by molar-refractivity contribution is 5.53. The van der Waals surface area contributed by atoms with Gasteiger partial charge in [-0.25, -0.2) is 0 Å². The van der Waals surface area contributed by atoms with Crippen molar-refractivity contribution < 1.29 is 0 Å². The number of benzene rings is 1. The summed E-state index contributed by atoms with van der Waals surface area (Å²) in [5.41, 5.74) is 2.78. The number of hydrogen-bond donors (Lipinski definition) is 1. The standard InChI is InChI=1S/C16H26N2/c1-12(2)17-10-14-7-5-6-8-16(14)18(4)11-15-9-13(15)3/h5-8,12-13,15,17H,9-11H2,1-4H3. The first-order valence-electron chi connectivity index (χ1n) is 7.10. The average Bonchev–Trinajstić information content (AvgIpc) is 3.02. The van der Waals surface area contributed by atoms with Gasteiger partial charge in [0.2, 0.25) is 0 Å². The molecule has 2 heteroatoms. The molecule has 0 spiro atoms. The molecule has 0 radical (unpaired) electrons. The molecule has 1 N–H and O–H groups in total. The van der Waals surface area contributed by atoms with Crippen LogP contribution >= 0.6 is 0 Å². The highest BCUT2D eigenvalue weighted by Gasteiger charge is 2.33. The Morgan fingerprint density at radius 2 is 2.00 bits per heavy atom. The normalized spacial score (nSPS) is 22.3. The Kier molecular flexibility index (Phi) is 4.28. The third-order valence-corrected chi connectivity index (χ3v) is 3.89. The van der Waals surface area contributed by atoms with Crippen LogP contribution < -0.4 is 10.2 Å². The van der Waals surface area contributed by atoms with E-state index in [9.17, 15) is 0 Å². The smallest absolute Gasteiger partial charge is 0.0409 e. The molecule has 0 saturated heterocycles. The van der Waals surface area contributed by atoms with Crippen molar-refractivity contribution >= 4 is 5.69 Å². The van der Waals surface area contributed by atoms with Crippen LogP contribution in [0.25, 0.3) is 0 Å². The molecule has 18 heavy (non-hydrogen) atoms. The van der Waals surface area contributed by atoms with Gasteiger partial charge in [-0.1, -0.05) is 39.0 Å². The molecule has 1 aliphatic carbocycles. The van der Waals surface area contributed by atoms with E-state index in [1.807, 2.05) is 0 Å². The third-order valence-electron chi connectivity index (χ3n) is 3.89. The fourth-order valence-electron chi connectivity index (χ4n) is 2.45. The fourth-order valence-corrected chi connectivity index (χ4v) is 2.45. The highest BCUT2D eigenvalue weighted by Crippen LogP contribution is 2.39. The molecule has 0 aromatic heterocycles. The Bertz CT molecular complexity index is 386. The van der Waals surface area contributed by atoms with E-state index >= 15 is 0 Å². The summed E-state index contributed by atoms with van der Waals surface area (Å²) in [5.74, 6) is 1.83. The molecular formula is C16H26N2. The van der Waals surface area contributed by atoms with Crippen molar-refractivity contribution in [1.82, 2.24) is 5.32 Å². The first-order valence-corrected chi connectivity index (χ1v) is 7.10. The molecule has 1 aromatic carbocycles. The van der Waals surface area contributed by atoms with Gasteiger partial charge in [-0.2, -0.15) is 0 Å². The summed E-state index contributed by atoms with van der Waals surface area (Å²) < 4.78 is 0. The summed E-state index contributed by atoms with van der Waals surface area (Å²) in [4.78, 5) is 2.42. The molecule has 0 bridgehead atoms. The zero-order chi connectivity index (χ0) is 13.1. The van der Waals surface area contributed by atoms with E-state index < -0.39 is 0 Å². The zero-order valence-electron chi connectivity index (χ0n) is 12.1. The molecule has 1 saturated carbocycles. The molecule has 2 nitrogen and oxygen atoms in total. The van der Waals surface area contributed by atoms with Gasteiger partial charge in [-0.05, 0) is 29.9 Å². The monoisotopic (exact) mass is 246 g/mol. The van der Waals surface area contributed by atoms with E-state index in [2.05, 4.69) is 62.3 Å². The van der Waals surface area contributed by atoms with Crippen molar-refractivity contribution in [3.63, 3.8) is 0 Å². The van der Waals surface area contributed by atoms with Crippen LogP contribution in [0.4, 0.5) is 5.69 Å². The Balaban J connectivity index is 2.01. The van der Waals surface area contributed by atoms with Crippen LogP contribution in [0.2, 0.25) is 0 Å². The number of nitrogens with one attached hydrogen (secondary N) is 1. The largest absolute Gasteiger partial charge is 0.374 e. The van der Waals surface area contributed by atoms with Gasteiger partial charge in [0.15, 0.2) is 0 Å². The Hall–Kier alpha value is -1.02. The molecule has 0 heterocycles. The van der Waals surface area contributed by atoms with Crippen LogP contribution in [0.1, 0.15) is 32.8 Å². The van der Waals surface area contributed by atoms with Crippen LogP contribution in [0.15, 0.2) is 24.3 Å². The van der Waals surface area contributed by atoms with Crippen LogP contribution in [-0.4, -0.2) is 19.6 Å². The van der Waals surface area contributed by atoms with Gasteiger partial charge in [0.25, 0.3) is 0 Å². The first-order chi connectivity index (χ1) is 8.58. The topological polar surface area (TPSA) is 15.3 Å². The van der Waals surface area contributed by atoms with Crippen molar-refractivity contribution in [2.45, 2.75) is 39.8 Å². The summed E-state index contributed by atoms with van der Waals surface area (Å²) in [5, 5.41) is 3.51. The fraction of sp³-hybridized carbons (Fsp3) is 0.625. The minimum atomic E-state index is 0.534. The van der Waals surface area contributed by atoms with Crippen molar-refractivity contribution in [1.29, 1.82) is 0 Å². The van der Waals surface area contributed by atoms with Gasteiger partial charge in [0, 0.05) is 31.9 Å². The Labute approximate surface area is 111 Å². The third kappa shape index (κ3) is 3.49. The first kappa shape index (κ1) is 13.4. The van der Waals surface area contributed by atoms with Crippen LogP contribution in [0, 0.1) is 11.8 Å². The van der Waals surface area contributed by atoms with E-state index in [4.69, 9.17) is 0 Å². The van der Waals surface area contributed by atoms with Crippen molar-refractivity contribution in [3.8, 4) is 0 Å². The van der Waals surface area contributed by atoms with Gasteiger partial charge in [0.05, 0.1) is 0 Å². The second-order valence-electron chi connectivity index (χ2n) is 6.02. The molecule has 2 rings (SSSR count). The van der Waals surface area contributed by atoms with Crippen LogP contribution in [0.3, 0.4) is 0 Å². The van der Waals surface area contributed by atoms with Crippen LogP contribution in [-0.2, 0) is 6.54 Å². The van der Waals surface area contributed by atoms with E-state index in [0.29, 0.717) is 6.04 Å². The van der Waals surface area contributed by atoms with E-state index in [1.165, 1.54) is 24.2 Å². The molecule has 1 aromatic rings. The van der Waals surface area contributed by atoms with E-state index in [1.54, 1.807) is 0 Å². The molecule has 1 fully saturated rings. The van der Waals surface area contributed by atoms with E-state index in [0.717, 1.165) is 18.4 Å². The predicted octanol–water partition coefficient (Wildman–Crippen LogP) is 3.28. The zero-order valence-corrected chi connectivity index (χ0v) is 12.1. The summed E-state index contributed by atoms with van der Waals surface area (Å²) in [6, 6.07) is 9.28. The lowest BCUT2D eigenvalue weighted by Crippen LogP contribution is -2.26. The predicted molar refractivity (Wildman–Crippen MR) is 79.0 cm³/mol. The summed E-state index contributed by atoms with van der Waals surface area (Å²) >= 11 is 0. The number of hydrogen-bond acceptors (Lipinski definition) is 2. The lowest BCUT2D eigenvalue weighted by Gasteiger charge is -2.23. The number of rotatable bonds is 6. The molecule has 0 aliphatic heterocycles. The van der Waals surface area contributed by atoms with Gasteiger partial charge in [-0.3, -0.25) is 0 Å².